The van der Waals surface area contributed by atoms with Crippen molar-refractivity contribution >= 4 is 33.2 Å². The molecule has 152 valence electrons. The van der Waals surface area contributed by atoms with E-state index >= 15 is 0 Å². The van der Waals surface area contributed by atoms with Gasteiger partial charge in [0, 0.05) is 21.7 Å². The third kappa shape index (κ3) is 4.28. The summed E-state index contributed by atoms with van der Waals surface area (Å²) in [6, 6.07) is 20.3. The summed E-state index contributed by atoms with van der Waals surface area (Å²) >= 11 is 7.44. The predicted octanol–water partition coefficient (Wildman–Crippen LogP) is 5.89. The van der Waals surface area contributed by atoms with Gasteiger partial charge in [0.1, 0.15) is 11.5 Å². The van der Waals surface area contributed by atoms with Gasteiger partial charge in [-0.05, 0) is 48.5 Å². The van der Waals surface area contributed by atoms with Crippen LogP contribution in [0.25, 0.3) is 16.9 Å². The van der Waals surface area contributed by atoms with Crippen LogP contribution in [0.2, 0.25) is 5.02 Å². The molecular weight excluding hydrogens is 443 g/mol. The number of hydrogen-bond donors (Lipinski definition) is 0. The van der Waals surface area contributed by atoms with Crippen molar-refractivity contribution in [1.29, 1.82) is 0 Å². The van der Waals surface area contributed by atoms with Crippen molar-refractivity contribution < 1.29 is 12.8 Å². The summed E-state index contributed by atoms with van der Waals surface area (Å²) in [6.07, 6.45) is 2.83. The van der Waals surface area contributed by atoms with Crippen LogP contribution in [0.3, 0.4) is 0 Å². The molecule has 1 aromatic heterocycles. The van der Waals surface area contributed by atoms with E-state index < -0.39 is 15.7 Å². The Hall–Kier alpha value is -2.61. The molecule has 0 atom stereocenters. The fraction of sp³-hybridized carbons (Fsp3) is 0.0455. The van der Waals surface area contributed by atoms with E-state index in [1.807, 2.05) is 12.1 Å². The number of rotatable bonds is 5. The monoisotopic (exact) mass is 458 g/mol. The molecule has 0 radical (unpaired) electrons. The van der Waals surface area contributed by atoms with Crippen molar-refractivity contribution in [2.45, 2.75) is 14.7 Å². The average molecular weight is 459 g/mol. The Morgan fingerprint density at radius 3 is 2.27 bits per heavy atom. The molecule has 0 fully saturated rings. The molecule has 1 heterocycles. The SMILES string of the molecule is CS(=O)(=O)c1ccc(-c2c(Sc3ccc(Cl)cc3)cnn2-c2ccccc2F)cc1. The van der Waals surface area contributed by atoms with Gasteiger partial charge in [0.2, 0.25) is 0 Å². The van der Waals surface area contributed by atoms with E-state index in [2.05, 4.69) is 5.10 Å². The first-order valence-corrected chi connectivity index (χ1v) is 12.0. The van der Waals surface area contributed by atoms with Crippen molar-refractivity contribution in [2.24, 2.45) is 0 Å². The molecule has 0 saturated carbocycles. The first-order chi connectivity index (χ1) is 14.3. The third-order valence-corrected chi connectivity index (χ3v) is 6.82. The van der Waals surface area contributed by atoms with Crippen molar-refractivity contribution in [3.05, 3.63) is 89.8 Å². The van der Waals surface area contributed by atoms with Gasteiger partial charge in [-0.3, -0.25) is 0 Å². The largest absolute Gasteiger partial charge is 0.229 e. The van der Waals surface area contributed by atoms with Crippen LogP contribution < -0.4 is 0 Å². The second-order valence-corrected chi connectivity index (χ2v) is 10.1. The lowest BCUT2D eigenvalue weighted by Crippen LogP contribution is -2.02. The van der Waals surface area contributed by atoms with Crippen molar-refractivity contribution in [2.75, 3.05) is 6.26 Å². The van der Waals surface area contributed by atoms with Gasteiger partial charge in [0.15, 0.2) is 9.84 Å². The van der Waals surface area contributed by atoms with Crippen LogP contribution in [0, 0.1) is 5.82 Å². The summed E-state index contributed by atoms with van der Waals surface area (Å²) in [4.78, 5) is 1.96. The van der Waals surface area contributed by atoms with Gasteiger partial charge in [0.25, 0.3) is 0 Å². The van der Waals surface area contributed by atoms with E-state index in [0.29, 0.717) is 16.4 Å². The van der Waals surface area contributed by atoms with Crippen LogP contribution in [0.4, 0.5) is 4.39 Å². The van der Waals surface area contributed by atoms with Crippen LogP contribution in [0.5, 0.6) is 0 Å². The topological polar surface area (TPSA) is 52.0 Å². The first-order valence-electron chi connectivity index (χ1n) is 8.90. The highest BCUT2D eigenvalue weighted by atomic mass is 35.5. The molecule has 4 nitrogen and oxygen atoms in total. The van der Waals surface area contributed by atoms with E-state index in [4.69, 9.17) is 11.6 Å². The second-order valence-electron chi connectivity index (χ2n) is 6.57. The van der Waals surface area contributed by atoms with Crippen LogP contribution >= 0.6 is 23.4 Å². The number of nitrogens with zero attached hydrogens (tertiary/aromatic N) is 2. The highest BCUT2D eigenvalue weighted by molar-refractivity contribution is 7.99. The van der Waals surface area contributed by atoms with Gasteiger partial charge in [0.05, 0.1) is 21.7 Å². The van der Waals surface area contributed by atoms with E-state index in [-0.39, 0.29) is 4.90 Å². The zero-order chi connectivity index (χ0) is 21.3. The Morgan fingerprint density at radius 1 is 0.967 bits per heavy atom. The molecule has 0 aliphatic heterocycles. The zero-order valence-electron chi connectivity index (χ0n) is 15.8. The number of hydrogen-bond acceptors (Lipinski definition) is 4. The van der Waals surface area contributed by atoms with Crippen LogP contribution in [0.15, 0.2) is 93.7 Å². The molecule has 0 N–H and O–H groups in total. The maximum Gasteiger partial charge on any atom is 0.175 e. The van der Waals surface area contributed by atoms with Crippen molar-refractivity contribution in [3.63, 3.8) is 0 Å². The third-order valence-electron chi connectivity index (χ3n) is 4.41. The summed E-state index contributed by atoms with van der Waals surface area (Å²) < 4.78 is 39.7. The van der Waals surface area contributed by atoms with Gasteiger partial charge in [-0.15, -0.1) is 0 Å². The van der Waals surface area contributed by atoms with Crippen LogP contribution in [0.1, 0.15) is 0 Å². The molecule has 0 bridgehead atoms. The van der Waals surface area contributed by atoms with Gasteiger partial charge in [-0.1, -0.05) is 47.6 Å². The van der Waals surface area contributed by atoms with Crippen LogP contribution in [-0.2, 0) is 9.84 Å². The van der Waals surface area contributed by atoms with Crippen LogP contribution in [-0.4, -0.2) is 24.5 Å². The van der Waals surface area contributed by atoms with E-state index in [1.54, 1.807) is 60.8 Å². The molecule has 0 spiro atoms. The van der Waals surface area contributed by atoms with Gasteiger partial charge < -0.3 is 0 Å². The fourth-order valence-corrected chi connectivity index (χ4v) is 4.65. The van der Waals surface area contributed by atoms with Gasteiger partial charge in [-0.2, -0.15) is 5.10 Å². The average Bonchev–Trinajstić information content (AvgIpc) is 3.13. The summed E-state index contributed by atoms with van der Waals surface area (Å²) in [6.45, 7) is 0. The number of halogens is 2. The minimum atomic E-state index is -3.32. The quantitative estimate of drug-likeness (QED) is 0.374. The number of para-hydroxylation sites is 1. The smallest absolute Gasteiger partial charge is 0.175 e. The minimum Gasteiger partial charge on any atom is -0.229 e. The summed E-state index contributed by atoms with van der Waals surface area (Å²) in [5, 5.41) is 5.06. The maximum absolute atomic E-state index is 14.5. The Morgan fingerprint density at radius 2 is 1.63 bits per heavy atom. The number of aromatic nitrogens is 2. The lowest BCUT2D eigenvalue weighted by Gasteiger charge is -2.11. The Labute approximate surface area is 183 Å². The Bertz CT molecular complexity index is 1300. The molecule has 30 heavy (non-hydrogen) atoms. The second kappa shape index (κ2) is 8.26. The number of sulfone groups is 1. The Kier molecular flexibility index (Phi) is 5.69. The van der Waals surface area contributed by atoms with Crippen molar-refractivity contribution in [3.8, 4) is 16.9 Å². The van der Waals surface area contributed by atoms with Gasteiger partial charge in [-0.25, -0.2) is 17.5 Å². The summed E-state index contributed by atoms with van der Waals surface area (Å²) in [5.41, 5.74) is 1.70. The summed E-state index contributed by atoms with van der Waals surface area (Å²) in [7, 11) is -3.32. The van der Waals surface area contributed by atoms with E-state index in [9.17, 15) is 12.8 Å². The first kappa shape index (κ1) is 20.7. The molecule has 0 aliphatic rings. The van der Waals surface area contributed by atoms with E-state index in [1.165, 1.54) is 22.5 Å². The number of benzene rings is 3. The highest BCUT2D eigenvalue weighted by Gasteiger charge is 2.18. The van der Waals surface area contributed by atoms with Gasteiger partial charge >= 0.3 is 0 Å². The molecule has 8 heteroatoms. The predicted molar refractivity (Wildman–Crippen MR) is 118 cm³/mol. The molecule has 0 amide bonds. The molecule has 3 aromatic carbocycles. The lowest BCUT2D eigenvalue weighted by atomic mass is 10.1. The zero-order valence-corrected chi connectivity index (χ0v) is 18.2. The molecule has 0 saturated heterocycles. The van der Waals surface area contributed by atoms with E-state index in [0.717, 1.165) is 21.6 Å². The maximum atomic E-state index is 14.5. The molecule has 0 aliphatic carbocycles. The molecular formula is C22H16ClFN2O2S2. The van der Waals surface area contributed by atoms with Crippen molar-refractivity contribution in [1.82, 2.24) is 9.78 Å². The molecule has 4 aromatic rings. The lowest BCUT2D eigenvalue weighted by molar-refractivity contribution is 0.602. The fourth-order valence-electron chi connectivity index (χ4n) is 2.97. The molecule has 0 unspecified atom stereocenters. The summed E-state index contributed by atoms with van der Waals surface area (Å²) in [5.74, 6) is -0.405. The Balaban J connectivity index is 1.85. The minimum absolute atomic E-state index is 0.218. The standard InChI is InChI=1S/C22H16ClFN2O2S2/c1-30(27,28)18-12-6-15(7-13-18)22-21(29-17-10-8-16(23)9-11-17)14-25-26(22)20-5-3-2-4-19(20)24/h2-14H,1H3. The highest BCUT2D eigenvalue weighted by Crippen LogP contribution is 2.38. The molecule has 4 rings (SSSR count). The normalized spacial score (nSPS) is 11.6.